The van der Waals surface area contributed by atoms with Crippen molar-refractivity contribution < 1.29 is 23.0 Å². The number of aromatic nitrogens is 3. The molecule has 1 N–H and O–H groups in total. The maximum atomic E-state index is 13.4. The monoisotopic (exact) mass is 434 g/mol. The second-order valence-electron chi connectivity index (χ2n) is 6.78. The molecule has 0 spiro atoms. The number of carbonyl (C=O) groups is 1. The topological polar surface area (TPSA) is 78.3 Å². The number of benzene rings is 1. The average Bonchev–Trinajstić information content (AvgIpc) is 3.17. The SMILES string of the molecule is CCc1cc(-c2cc3c(cc2C)OC(F)(F)O3)ncc1NC(=O)c1c(Cl)cnn1C. The van der Waals surface area contributed by atoms with Crippen molar-refractivity contribution >= 4 is 23.2 Å². The van der Waals surface area contributed by atoms with E-state index in [9.17, 15) is 13.6 Å². The van der Waals surface area contributed by atoms with Gasteiger partial charge in [-0.15, -0.1) is 8.78 Å². The lowest BCUT2D eigenvalue weighted by atomic mass is 10.0. The van der Waals surface area contributed by atoms with Crippen LogP contribution in [-0.2, 0) is 13.5 Å². The maximum absolute atomic E-state index is 13.4. The number of aryl methyl sites for hydroxylation is 3. The summed E-state index contributed by atoms with van der Waals surface area (Å²) in [7, 11) is 1.62. The van der Waals surface area contributed by atoms with Crippen molar-refractivity contribution in [2.24, 2.45) is 7.05 Å². The van der Waals surface area contributed by atoms with Crippen molar-refractivity contribution in [3.05, 3.63) is 52.4 Å². The fourth-order valence-corrected chi connectivity index (χ4v) is 3.52. The van der Waals surface area contributed by atoms with Crippen LogP contribution in [0.3, 0.4) is 0 Å². The molecule has 10 heteroatoms. The number of amides is 1. The summed E-state index contributed by atoms with van der Waals surface area (Å²) >= 11 is 6.03. The van der Waals surface area contributed by atoms with Gasteiger partial charge in [0.25, 0.3) is 5.91 Å². The molecule has 0 saturated heterocycles. The number of ether oxygens (including phenoxy) is 2. The van der Waals surface area contributed by atoms with Crippen molar-refractivity contribution in [2.75, 3.05) is 5.32 Å². The molecule has 0 aliphatic carbocycles. The Bertz CT molecular complexity index is 1140. The molecule has 0 atom stereocenters. The molecule has 7 nitrogen and oxygen atoms in total. The van der Waals surface area contributed by atoms with E-state index in [2.05, 4.69) is 24.9 Å². The molecule has 1 amide bonds. The first-order valence-electron chi connectivity index (χ1n) is 9.07. The van der Waals surface area contributed by atoms with Crippen LogP contribution in [0.4, 0.5) is 14.5 Å². The van der Waals surface area contributed by atoms with Gasteiger partial charge in [-0.1, -0.05) is 18.5 Å². The highest BCUT2D eigenvalue weighted by Crippen LogP contribution is 2.44. The van der Waals surface area contributed by atoms with Gasteiger partial charge in [0.05, 0.1) is 28.8 Å². The molecule has 1 aliphatic heterocycles. The first-order valence-corrected chi connectivity index (χ1v) is 9.45. The zero-order valence-electron chi connectivity index (χ0n) is 16.3. The number of fused-ring (bicyclic) bond motifs is 1. The predicted octanol–water partition coefficient (Wildman–Crippen LogP) is 4.58. The Hall–Kier alpha value is -3.20. The largest absolute Gasteiger partial charge is 0.586 e. The molecule has 0 saturated carbocycles. The zero-order valence-corrected chi connectivity index (χ0v) is 17.1. The van der Waals surface area contributed by atoms with Gasteiger partial charge in [-0.25, -0.2) is 0 Å². The molecule has 30 heavy (non-hydrogen) atoms. The summed E-state index contributed by atoms with van der Waals surface area (Å²) in [4.78, 5) is 17.0. The summed E-state index contributed by atoms with van der Waals surface area (Å²) in [5.74, 6) is -0.483. The number of alkyl halides is 2. The number of rotatable bonds is 4. The molecule has 3 aromatic rings. The molecule has 3 heterocycles. The third kappa shape index (κ3) is 3.56. The minimum Gasteiger partial charge on any atom is -0.395 e. The van der Waals surface area contributed by atoms with E-state index in [1.807, 2.05) is 6.92 Å². The van der Waals surface area contributed by atoms with Gasteiger partial charge in [-0.3, -0.25) is 14.5 Å². The number of nitrogens with zero attached hydrogens (tertiary/aromatic N) is 3. The van der Waals surface area contributed by atoms with E-state index in [1.54, 1.807) is 20.0 Å². The van der Waals surface area contributed by atoms with Crippen LogP contribution in [0.15, 0.2) is 30.6 Å². The van der Waals surface area contributed by atoms with Crippen LogP contribution >= 0.6 is 11.6 Å². The number of hydrogen-bond donors (Lipinski definition) is 1. The van der Waals surface area contributed by atoms with E-state index in [-0.39, 0.29) is 22.2 Å². The van der Waals surface area contributed by atoms with Crippen LogP contribution in [0, 0.1) is 6.92 Å². The van der Waals surface area contributed by atoms with Gasteiger partial charge in [-0.2, -0.15) is 5.10 Å². The van der Waals surface area contributed by atoms with Crippen molar-refractivity contribution in [3.8, 4) is 22.8 Å². The van der Waals surface area contributed by atoms with Gasteiger partial charge < -0.3 is 14.8 Å². The normalized spacial score (nSPS) is 14.1. The molecule has 2 aromatic heterocycles. The summed E-state index contributed by atoms with van der Waals surface area (Å²) in [5.41, 5.74) is 3.45. The zero-order chi connectivity index (χ0) is 21.6. The van der Waals surface area contributed by atoms with Crippen LogP contribution in [0.1, 0.15) is 28.5 Å². The fourth-order valence-electron chi connectivity index (χ4n) is 3.27. The smallest absolute Gasteiger partial charge is 0.395 e. The van der Waals surface area contributed by atoms with Crippen molar-refractivity contribution in [2.45, 2.75) is 26.6 Å². The standard InChI is InChI=1S/C20H17ClF2N4O3/c1-4-11-6-14(12-7-17-16(5-10(12)2)29-20(22,23)30-17)24-9-15(11)26-19(28)18-13(21)8-25-27(18)3/h5-9H,4H2,1-3H3,(H,26,28). The second kappa shape index (κ2) is 7.24. The van der Waals surface area contributed by atoms with Crippen molar-refractivity contribution in [3.63, 3.8) is 0 Å². The van der Waals surface area contributed by atoms with Crippen LogP contribution < -0.4 is 14.8 Å². The van der Waals surface area contributed by atoms with Crippen LogP contribution in [0.25, 0.3) is 11.3 Å². The Morgan fingerprint density at radius 2 is 1.93 bits per heavy atom. The van der Waals surface area contributed by atoms with E-state index < -0.39 is 12.2 Å². The van der Waals surface area contributed by atoms with Gasteiger partial charge >= 0.3 is 6.29 Å². The quantitative estimate of drug-likeness (QED) is 0.650. The highest BCUT2D eigenvalue weighted by Gasteiger charge is 2.43. The molecule has 0 radical (unpaired) electrons. The Kier molecular flexibility index (Phi) is 4.85. The Morgan fingerprint density at radius 3 is 2.57 bits per heavy atom. The summed E-state index contributed by atoms with van der Waals surface area (Å²) in [6.45, 7) is 3.70. The Labute approximate surface area is 175 Å². The molecule has 1 aromatic carbocycles. The lowest BCUT2D eigenvalue weighted by Gasteiger charge is -2.13. The fraction of sp³-hybridized carbons (Fsp3) is 0.250. The molecule has 0 fully saturated rings. The van der Waals surface area contributed by atoms with Crippen molar-refractivity contribution in [1.29, 1.82) is 0 Å². The van der Waals surface area contributed by atoms with E-state index in [4.69, 9.17) is 11.6 Å². The highest BCUT2D eigenvalue weighted by atomic mass is 35.5. The van der Waals surface area contributed by atoms with Gasteiger partial charge in [0.2, 0.25) is 0 Å². The number of pyridine rings is 1. The third-order valence-electron chi connectivity index (χ3n) is 4.75. The average molecular weight is 435 g/mol. The lowest BCUT2D eigenvalue weighted by molar-refractivity contribution is -0.286. The van der Waals surface area contributed by atoms with Gasteiger partial charge in [0, 0.05) is 12.6 Å². The first-order chi connectivity index (χ1) is 14.2. The van der Waals surface area contributed by atoms with E-state index in [0.717, 1.165) is 5.56 Å². The van der Waals surface area contributed by atoms with E-state index in [0.29, 0.717) is 28.9 Å². The number of anilines is 1. The molecular formula is C20H17ClF2N4O3. The minimum atomic E-state index is -3.68. The highest BCUT2D eigenvalue weighted by molar-refractivity contribution is 6.34. The minimum absolute atomic E-state index is 0.0195. The molecule has 156 valence electrons. The van der Waals surface area contributed by atoms with Gasteiger partial charge in [-0.05, 0) is 42.7 Å². The third-order valence-corrected chi connectivity index (χ3v) is 5.03. The molecule has 0 bridgehead atoms. The molecule has 0 unspecified atom stereocenters. The van der Waals surface area contributed by atoms with E-state index >= 15 is 0 Å². The van der Waals surface area contributed by atoms with Crippen LogP contribution in [-0.4, -0.2) is 27.0 Å². The summed E-state index contributed by atoms with van der Waals surface area (Å²) in [6, 6.07) is 4.75. The first kappa shape index (κ1) is 20.1. The molecule has 4 rings (SSSR count). The maximum Gasteiger partial charge on any atom is 0.586 e. The second-order valence-corrected chi connectivity index (χ2v) is 7.19. The van der Waals surface area contributed by atoms with Crippen LogP contribution in [0.5, 0.6) is 11.5 Å². The molecular weight excluding hydrogens is 418 g/mol. The number of halogens is 3. The summed E-state index contributed by atoms with van der Waals surface area (Å²) in [6.07, 6.45) is -0.165. The van der Waals surface area contributed by atoms with E-state index in [1.165, 1.54) is 29.2 Å². The van der Waals surface area contributed by atoms with Crippen molar-refractivity contribution in [1.82, 2.24) is 14.8 Å². The summed E-state index contributed by atoms with van der Waals surface area (Å²) in [5, 5.41) is 7.00. The van der Waals surface area contributed by atoms with Gasteiger partial charge in [0.1, 0.15) is 5.69 Å². The Balaban J connectivity index is 1.66. The lowest BCUT2D eigenvalue weighted by Crippen LogP contribution is -2.25. The Morgan fingerprint density at radius 1 is 1.23 bits per heavy atom. The number of hydrogen-bond acceptors (Lipinski definition) is 5. The van der Waals surface area contributed by atoms with Gasteiger partial charge in [0.15, 0.2) is 11.5 Å². The number of carbonyl (C=O) groups excluding carboxylic acids is 1. The van der Waals surface area contributed by atoms with Crippen LogP contribution in [0.2, 0.25) is 5.02 Å². The predicted molar refractivity (Wildman–Crippen MR) is 106 cm³/mol. The molecule has 1 aliphatic rings. The summed E-state index contributed by atoms with van der Waals surface area (Å²) < 4.78 is 37.1. The number of nitrogens with one attached hydrogen (secondary N) is 1.